The van der Waals surface area contributed by atoms with Crippen molar-refractivity contribution in [1.29, 1.82) is 5.26 Å². The molecule has 2 heterocycles. The summed E-state index contributed by atoms with van der Waals surface area (Å²) in [4.78, 5) is 8.42. The van der Waals surface area contributed by atoms with Gasteiger partial charge in [-0.1, -0.05) is 6.92 Å². The van der Waals surface area contributed by atoms with Crippen LogP contribution in [0.2, 0.25) is 0 Å². The van der Waals surface area contributed by atoms with Crippen molar-refractivity contribution in [1.82, 2.24) is 19.7 Å². The van der Waals surface area contributed by atoms with E-state index in [4.69, 9.17) is 5.26 Å². The molecule has 0 bridgehead atoms. The molecule has 1 atom stereocenters. The fourth-order valence-corrected chi connectivity index (χ4v) is 2.07. The van der Waals surface area contributed by atoms with Crippen LogP contribution in [0.4, 0.5) is 0 Å². The number of nitrogens with one attached hydrogen (secondary N) is 1. The number of nitriles is 1. The topological polar surface area (TPSA) is 66.0 Å². The van der Waals surface area contributed by atoms with Gasteiger partial charge in [0.1, 0.15) is 4.60 Å². The second-order valence-electron chi connectivity index (χ2n) is 4.04. The van der Waals surface area contributed by atoms with E-state index in [0.717, 1.165) is 22.4 Å². The molecule has 0 aliphatic carbocycles. The van der Waals surface area contributed by atoms with Crippen molar-refractivity contribution in [2.45, 2.75) is 32.4 Å². The van der Waals surface area contributed by atoms with Gasteiger partial charge in [-0.25, -0.2) is 9.97 Å². The summed E-state index contributed by atoms with van der Waals surface area (Å²) >= 11 is 3.35. The summed E-state index contributed by atoms with van der Waals surface area (Å²) in [7, 11) is 0. The largest absolute Gasteiger partial charge is 0.307 e. The van der Waals surface area contributed by atoms with Gasteiger partial charge >= 0.3 is 0 Å². The molecule has 0 aliphatic rings. The average Bonchev–Trinajstić information content (AvgIpc) is 2.77. The van der Waals surface area contributed by atoms with Crippen molar-refractivity contribution >= 4 is 21.6 Å². The number of hydrogen-bond acceptors (Lipinski definition) is 4. The van der Waals surface area contributed by atoms with Gasteiger partial charge in [0.15, 0.2) is 5.65 Å². The van der Waals surface area contributed by atoms with Gasteiger partial charge in [-0.2, -0.15) is 5.26 Å². The van der Waals surface area contributed by atoms with Gasteiger partial charge in [-0.3, -0.25) is 4.40 Å². The number of rotatable bonds is 5. The summed E-state index contributed by atoms with van der Waals surface area (Å²) in [5, 5.41) is 12.1. The van der Waals surface area contributed by atoms with E-state index in [1.54, 1.807) is 6.20 Å². The van der Waals surface area contributed by atoms with Crippen LogP contribution in [0.25, 0.3) is 5.65 Å². The van der Waals surface area contributed by atoms with Gasteiger partial charge in [0.25, 0.3) is 0 Å². The fourth-order valence-electron chi connectivity index (χ4n) is 1.77. The highest BCUT2D eigenvalue weighted by Crippen LogP contribution is 2.11. The fraction of sp³-hybridized carbons (Fsp3) is 0.417. The van der Waals surface area contributed by atoms with Gasteiger partial charge in [-0.15, -0.1) is 0 Å². The molecule has 1 N–H and O–H groups in total. The predicted molar refractivity (Wildman–Crippen MR) is 71.8 cm³/mol. The smallest absolute Gasteiger partial charge is 0.155 e. The monoisotopic (exact) mass is 307 g/mol. The summed E-state index contributed by atoms with van der Waals surface area (Å²) in [6, 6.07) is 2.42. The van der Waals surface area contributed by atoms with Crippen LogP contribution < -0.4 is 5.32 Å². The summed E-state index contributed by atoms with van der Waals surface area (Å²) in [6.45, 7) is 2.77. The normalized spacial score (nSPS) is 12.5. The number of hydrogen-bond donors (Lipinski definition) is 1. The second kappa shape index (κ2) is 5.94. The van der Waals surface area contributed by atoms with Crippen molar-refractivity contribution in [2.75, 3.05) is 0 Å². The molecular formula is C12H14BrN5. The molecule has 2 rings (SSSR count). The third-order valence-electron chi connectivity index (χ3n) is 2.84. The van der Waals surface area contributed by atoms with Gasteiger partial charge in [0.05, 0.1) is 30.6 Å². The quantitative estimate of drug-likeness (QED) is 0.920. The molecule has 0 spiro atoms. The Morgan fingerprint density at radius 3 is 3.06 bits per heavy atom. The Bertz CT molecular complexity index is 571. The van der Waals surface area contributed by atoms with E-state index in [0.29, 0.717) is 13.0 Å². The molecule has 0 saturated heterocycles. The van der Waals surface area contributed by atoms with Crippen LogP contribution in [0.5, 0.6) is 0 Å². The number of halogens is 1. The van der Waals surface area contributed by atoms with Gasteiger partial charge < -0.3 is 5.32 Å². The first-order valence-electron chi connectivity index (χ1n) is 5.82. The molecule has 5 nitrogen and oxygen atoms in total. The van der Waals surface area contributed by atoms with Gasteiger partial charge in [-0.05, 0) is 22.4 Å². The highest BCUT2D eigenvalue weighted by Gasteiger charge is 2.08. The lowest BCUT2D eigenvalue weighted by molar-refractivity contribution is 0.499. The zero-order valence-corrected chi connectivity index (χ0v) is 11.7. The zero-order chi connectivity index (χ0) is 13.0. The lowest BCUT2D eigenvalue weighted by Crippen LogP contribution is -2.27. The van der Waals surface area contributed by atoms with E-state index >= 15 is 0 Å². The van der Waals surface area contributed by atoms with E-state index in [9.17, 15) is 0 Å². The summed E-state index contributed by atoms with van der Waals surface area (Å²) in [6.07, 6.45) is 6.91. The van der Waals surface area contributed by atoms with E-state index in [-0.39, 0.29) is 6.04 Å². The summed E-state index contributed by atoms with van der Waals surface area (Å²) in [5.74, 6) is 0. The molecule has 0 fully saturated rings. The molecule has 1 unspecified atom stereocenters. The molecule has 0 aromatic carbocycles. The number of fused-ring (bicyclic) bond motifs is 1. The molecule has 6 heteroatoms. The Hall–Kier alpha value is -1.45. The molecule has 18 heavy (non-hydrogen) atoms. The maximum absolute atomic E-state index is 8.71. The maximum atomic E-state index is 8.71. The first-order chi connectivity index (χ1) is 8.74. The molecule has 0 amide bonds. The van der Waals surface area contributed by atoms with Crippen molar-refractivity contribution < 1.29 is 0 Å². The van der Waals surface area contributed by atoms with E-state index in [2.05, 4.69) is 44.2 Å². The Kier molecular flexibility index (Phi) is 4.28. The molecule has 2 aromatic heterocycles. The van der Waals surface area contributed by atoms with Crippen molar-refractivity contribution in [3.63, 3.8) is 0 Å². The van der Waals surface area contributed by atoms with Gasteiger partial charge in [0.2, 0.25) is 0 Å². The number of imidazole rings is 1. The summed E-state index contributed by atoms with van der Waals surface area (Å²) < 4.78 is 2.77. The van der Waals surface area contributed by atoms with Crippen LogP contribution in [0, 0.1) is 11.3 Å². The first-order valence-corrected chi connectivity index (χ1v) is 6.61. The lowest BCUT2D eigenvalue weighted by atomic mass is 10.1. The molecule has 94 valence electrons. The van der Waals surface area contributed by atoms with Crippen LogP contribution in [0.3, 0.4) is 0 Å². The number of aromatic nitrogens is 3. The van der Waals surface area contributed by atoms with E-state index < -0.39 is 0 Å². The molecule has 0 radical (unpaired) electrons. The highest BCUT2D eigenvalue weighted by atomic mass is 79.9. The maximum Gasteiger partial charge on any atom is 0.155 e. The molecule has 0 aliphatic heterocycles. The summed E-state index contributed by atoms with van der Waals surface area (Å²) in [5.41, 5.74) is 1.88. The van der Waals surface area contributed by atoms with Crippen LogP contribution in [-0.4, -0.2) is 20.4 Å². The van der Waals surface area contributed by atoms with Crippen LogP contribution in [0.1, 0.15) is 25.5 Å². The standard InChI is InChI=1S/C12H14BrN5/c1-2-9(3-4-14)15-5-10-6-17-12-7-16-11(13)8-18(10)12/h6-9,15H,2-3,5H2,1H3. The van der Waals surface area contributed by atoms with Crippen molar-refractivity contribution in [3.05, 3.63) is 28.9 Å². The van der Waals surface area contributed by atoms with E-state index in [1.807, 2.05) is 16.8 Å². The zero-order valence-electron chi connectivity index (χ0n) is 10.1. The third-order valence-corrected chi connectivity index (χ3v) is 3.25. The van der Waals surface area contributed by atoms with Crippen LogP contribution >= 0.6 is 15.9 Å². The Morgan fingerprint density at radius 1 is 1.50 bits per heavy atom. The minimum absolute atomic E-state index is 0.228. The Balaban J connectivity index is 2.12. The first kappa shape index (κ1) is 13.0. The van der Waals surface area contributed by atoms with Crippen LogP contribution in [-0.2, 0) is 6.54 Å². The highest BCUT2D eigenvalue weighted by molar-refractivity contribution is 9.10. The Morgan fingerprint density at radius 2 is 2.33 bits per heavy atom. The average molecular weight is 308 g/mol. The SMILES string of the molecule is CCC(CC#N)NCc1cnc2cnc(Br)cn12. The van der Waals surface area contributed by atoms with Gasteiger partial charge in [0, 0.05) is 18.8 Å². The predicted octanol–water partition coefficient (Wildman–Crippen LogP) is 2.27. The molecule has 2 aromatic rings. The van der Waals surface area contributed by atoms with Crippen molar-refractivity contribution in [3.8, 4) is 6.07 Å². The molecular weight excluding hydrogens is 294 g/mol. The minimum Gasteiger partial charge on any atom is -0.307 e. The Labute approximate surface area is 114 Å². The minimum atomic E-state index is 0.228. The van der Waals surface area contributed by atoms with Crippen molar-refractivity contribution in [2.24, 2.45) is 0 Å². The van der Waals surface area contributed by atoms with Crippen LogP contribution in [0.15, 0.2) is 23.2 Å². The lowest BCUT2D eigenvalue weighted by Gasteiger charge is -2.12. The molecule has 0 saturated carbocycles. The second-order valence-corrected chi connectivity index (χ2v) is 4.85. The number of nitrogens with zero attached hydrogens (tertiary/aromatic N) is 4. The third kappa shape index (κ3) is 2.86. The van der Waals surface area contributed by atoms with E-state index in [1.165, 1.54) is 0 Å².